The van der Waals surface area contributed by atoms with Crippen molar-refractivity contribution in [2.24, 2.45) is 0 Å². The van der Waals surface area contributed by atoms with E-state index >= 15 is 0 Å². The molecule has 3 aromatic carbocycles. The summed E-state index contributed by atoms with van der Waals surface area (Å²) in [5.74, 6) is -0.478. The highest BCUT2D eigenvalue weighted by Crippen LogP contribution is 2.40. The lowest BCUT2D eigenvalue weighted by Gasteiger charge is -2.13. The molecule has 1 atom stereocenters. The molecule has 33 heavy (non-hydrogen) atoms. The van der Waals surface area contributed by atoms with Crippen LogP contribution >= 0.6 is 11.8 Å². The van der Waals surface area contributed by atoms with E-state index in [1.165, 1.54) is 42.2 Å². The van der Waals surface area contributed by atoms with Crippen molar-refractivity contribution >= 4 is 22.7 Å². The summed E-state index contributed by atoms with van der Waals surface area (Å²) >= 11 is 1.37. The number of nitrogens with one attached hydrogen (secondary N) is 2. The molecule has 8 heteroatoms. The highest BCUT2D eigenvalue weighted by Gasteiger charge is 2.19. The van der Waals surface area contributed by atoms with Gasteiger partial charge < -0.3 is 19.8 Å². The fourth-order valence-electron chi connectivity index (χ4n) is 3.71. The predicted octanol–water partition coefficient (Wildman–Crippen LogP) is 6.43. The van der Waals surface area contributed by atoms with Gasteiger partial charge >= 0.3 is 0 Å². The van der Waals surface area contributed by atoms with Crippen LogP contribution in [0, 0.1) is 11.6 Å². The van der Waals surface area contributed by atoms with Gasteiger partial charge in [0.1, 0.15) is 23.5 Å². The number of hydrogen-bond donors (Lipinski definition) is 3. The smallest absolute Gasteiger partial charge is 0.177 e. The number of imidazole rings is 1. The van der Waals surface area contributed by atoms with Crippen molar-refractivity contribution < 1.29 is 18.6 Å². The zero-order chi connectivity index (χ0) is 22.9. The molecule has 0 saturated carbocycles. The first-order valence-electron chi connectivity index (χ1n) is 10.1. The number of ether oxygens (including phenoxy) is 1. The van der Waals surface area contributed by atoms with Crippen LogP contribution in [0.2, 0.25) is 0 Å². The Morgan fingerprint density at radius 1 is 1.03 bits per heavy atom. The van der Waals surface area contributed by atoms with Gasteiger partial charge in [-0.2, -0.15) is 0 Å². The number of halogens is 2. The van der Waals surface area contributed by atoms with E-state index in [2.05, 4.69) is 15.0 Å². The van der Waals surface area contributed by atoms with Crippen LogP contribution in [0.3, 0.4) is 0 Å². The Kier molecular flexibility index (Phi) is 5.62. The Labute approximate surface area is 192 Å². The molecule has 0 spiro atoms. The SMILES string of the molecule is CSc1c(Oc2ccc(F)c(-c3ncc(C(O)c4ccccc4)[nH]3)c2)c(F)cc2[nH]ccc12. The summed E-state index contributed by atoms with van der Waals surface area (Å²) in [4.78, 5) is 10.8. The van der Waals surface area contributed by atoms with Gasteiger partial charge in [0.2, 0.25) is 0 Å². The van der Waals surface area contributed by atoms with Gasteiger partial charge in [-0.3, -0.25) is 0 Å². The number of fused-ring (bicyclic) bond motifs is 1. The predicted molar refractivity (Wildman–Crippen MR) is 125 cm³/mol. The number of H-pyrrole nitrogens is 2. The van der Waals surface area contributed by atoms with E-state index in [-0.39, 0.29) is 22.9 Å². The van der Waals surface area contributed by atoms with Gasteiger partial charge in [0.15, 0.2) is 11.6 Å². The van der Waals surface area contributed by atoms with Gasteiger partial charge in [-0.1, -0.05) is 30.3 Å². The quantitative estimate of drug-likeness (QED) is 0.254. The topological polar surface area (TPSA) is 73.9 Å². The van der Waals surface area contributed by atoms with E-state index in [1.54, 1.807) is 18.3 Å². The van der Waals surface area contributed by atoms with Crippen LogP contribution in [-0.2, 0) is 0 Å². The van der Waals surface area contributed by atoms with Crippen molar-refractivity contribution in [1.29, 1.82) is 0 Å². The molecule has 0 bridgehead atoms. The third-order valence-electron chi connectivity index (χ3n) is 5.34. The number of aromatic nitrogens is 3. The van der Waals surface area contributed by atoms with Gasteiger partial charge in [0.05, 0.1) is 22.3 Å². The summed E-state index contributed by atoms with van der Waals surface area (Å²) < 4.78 is 35.3. The molecule has 1 unspecified atom stereocenters. The second kappa shape index (κ2) is 8.73. The van der Waals surface area contributed by atoms with E-state index < -0.39 is 17.7 Å². The zero-order valence-electron chi connectivity index (χ0n) is 17.5. The average Bonchev–Trinajstić information content (AvgIpc) is 3.50. The minimum absolute atomic E-state index is 0.0757. The molecule has 5 aromatic rings. The number of benzene rings is 3. The molecule has 0 aliphatic rings. The zero-order valence-corrected chi connectivity index (χ0v) is 18.3. The summed E-state index contributed by atoms with van der Waals surface area (Å²) in [6.45, 7) is 0. The number of thioether (sulfide) groups is 1. The number of aliphatic hydroxyl groups is 1. The number of rotatable bonds is 6. The van der Waals surface area contributed by atoms with E-state index in [0.29, 0.717) is 21.7 Å². The molecule has 0 aliphatic carbocycles. The number of hydrogen-bond acceptors (Lipinski definition) is 4. The van der Waals surface area contributed by atoms with Crippen LogP contribution in [0.15, 0.2) is 78.0 Å². The van der Waals surface area contributed by atoms with Crippen molar-refractivity contribution in [3.8, 4) is 22.9 Å². The van der Waals surface area contributed by atoms with Crippen LogP contribution in [0.1, 0.15) is 17.4 Å². The lowest BCUT2D eigenvalue weighted by Crippen LogP contribution is -1.99. The lowest BCUT2D eigenvalue weighted by atomic mass is 10.1. The van der Waals surface area contributed by atoms with Crippen LogP contribution in [0.25, 0.3) is 22.3 Å². The second-order valence-corrected chi connectivity index (χ2v) is 8.22. The fraction of sp³-hybridized carbons (Fsp3) is 0.0800. The first-order valence-corrected chi connectivity index (χ1v) is 11.4. The van der Waals surface area contributed by atoms with Gasteiger partial charge in [0, 0.05) is 23.2 Å². The average molecular weight is 464 g/mol. The van der Waals surface area contributed by atoms with E-state index in [4.69, 9.17) is 4.74 Å². The van der Waals surface area contributed by atoms with Crippen molar-refractivity contribution in [2.45, 2.75) is 11.0 Å². The van der Waals surface area contributed by atoms with E-state index in [9.17, 15) is 13.9 Å². The molecule has 5 nitrogen and oxygen atoms in total. The summed E-state index contributed by atoms with van der Waals surface area (Å²) in [5.41, 5.74) is 1.93. The monoisotopic (exact) mass is 463 g/mol. The number of nitrogens with zero attached hydrogens (tertiary/aromatic N) is 1. The Morgan fingerprint density at radius 3 is 2.64 bits per heavy atom. The lowest BCUT2D eigenvalue weighted by molar-refractivity contribution is 0.216. The van der Waals surface area contributed by atoms with Crippen LogP contribution in [0.4, 0.5) is 8.78 Å². The van der Waals surface area contributed by atoms with E-state index in [0.717, 1.165) is 5.39 Å². The first kappa shape index (κ1) is 21.2. The van der Waals surface area contributed by atoms with E-state index in [1.807, 2.05) is 30.5 Å². The molecule has 0 radical (unpaired) electrons. The largest absolute Gasteiger partial charge is 0.453 e. The minimum Gasteiger partial charge on any atom is -0.453 e. The van der Waals surface area contributed by atoms with Crippen LogP contribution in [0.5, 0.6) is 11.5 Å². The van der Waals surface area contributed by atoms with Crippen molar-refractivity contribution in [3.05, 3.63) is 95.9 Å². The Morgan fingerprint density at radius 2 is 1.85 bits per heavy atom. The van der Waals surface area contributed by atoms with Crippen molar-refractivity contribution in [1.82, 2.24) is 15.0 Å². The maximum Gasteiger partial charge on any atom is 0.177 e. The highest BCUT2D eigenvalue weighted by molar-refractivity contribution is 7.99. The molecule has 2 heterocycles. The fourth-order valence-corrected chi connectivity index (χ4v) is 4.44. The maximum absolute atomic E-state index is 14.8. The molecule has 0 fully saturated rings. The van der Waals surface area contributed by atoms with Crippen LogP contribution < -0.4 is 4.74 Å². The second-order valence-electron chi connectivity index (χ2n) is 7.40. The van der Waals surface area contributed by atoms with Gasteiger partial charge in [-0.15, -0.1) is 11.8 Å². The Hall–Kier alpha value is -3.62. The van der Waals surface area contributed by atoms with Gasteiger partial charge in [-0.05, 0) is 36.1 Å². The Bertz CT molecular complexity index is 1430. The summed E-state index contributed by atoms with van der Waals surface area (Å²) in [6, 6.07) is 16.4. The summed E-state index contributed by atoms with van der Waals surface area (Å²) in [7, 11) is 0. The molecule has 0 amide bonds. The molecule has 0 saturated heterocycles. The summed E-state index contributed by atoms with van der Waals surface area (Å²) in [5, 5.41) is 11.4. The molecule has 5 rings (SSSR count). The third-order valence-corrected chi connectivity index (χ3v) is 6.15. The molecular weight excluding hydrogens is 444 g/mol. The third kappa shape index (κ3) is 3.99. The number of aliphatic hydroxyl groups excluding tert-OH is 1. The van der Waals surface area contributed by atoms with Crippen molar-refractivity contribution in [3.63, 3.8) is 0 Å². The molecule has 2 aromatic heterocycles. The van der Waals surface area contributed by atoms with Crippen LogP contribution in [-0.4, -0.2) is 26.3 Å². The molecule has 3 N–H and O–H groups in total. The molecule has 0 aliphatic heterocycles. The standard InChI is InChI=1S/C25H19F2N3O2S/c1-33-24-16-9-10-28-20(16)12-19(27)23(24)32-15-7-8-18(26)17(11-15)25-29-13-21(30-25)22(31)14-5-3-2-4-6-14/h2-13,22,28,31H,1H3,(H,29,30). The molecule has 166 valence electrons. The van der Waals surface area contributed by atoms with Crippen molar-refractivity contribution in [2.75, 3.05) is 6.26 Å². The minimum atomic E-state index is -0.929. The number of aromatic amines is 2. The van der Waals surface area contributed by atoms with Gasteiger partial charge in [0.25, 0.3) is 0 Å². The summed E-state index contributed by atoms with van der Waals surface area (Å²) in [6.07, 6.45) is 4.11. The highest BCUT2D eigenvalue weighted by atomic mass is 32.2. The molecular formula is C25H19F2N3O2S. The maximum atomic E-state index is 14.8. The Balaban J connectivity index is 1.48. The van der Waals surface area contributed by atoms with Gasteiger partial charge in [-0.25, -0.2) is 13.8 Å². The first-order chi connectivity index (χ1) is 16.0. The normalized spacial score (nSPS) is 12.2.